The number of carbonyl (C=O) groups is 4. The van der Waals surface area contributed by atoms with Crippen molar-refractivity contribution in [2.24, 2.45) is 47.3 Å². The quantitative estimate of drug-likeness (QED) is 0.545. The highest BCUT2D eigenvalue weighted by Gasteiger charge is 2.60. The molecule has 6 heteroatoms. The van der Waals surface area contributed by atoms with Crippen molar-refractivity contribution in [3.8, 4) is 0 Å². The van der Waals surface area contributed by atoms with Crippen LogP contribution in [-0.4, -0.2) is 33.4 Å². The van der Waals surface area contributed by atoms with Crippen LogP contribution in [0.25, 0.3) is 0 Å². The third kappa shape index (κ3) is 2.30. The maximum Gasteiger partial charge on any atom is 0.234 e. The average Bonchev–Trinajstić information content (AvgIpc) is 3.62. The van der Waals surface area contributed by atoms with E-state index in [1.54, 1.807) is 0 Å². The van der Waals surface area contributed by atoms with Gasteiger partial charge >= 0.3 is 0 Å². The van der Waals surface area contributed by atoms with Crippen LogP contribution in [-0.2, 0) is 32.3 Å². The van der Waals surface area contributed by atoms with Gasteiger partial charge in [-0.15, -0.1) is 0 Å². The number of hydrogen-bond donors (Lipinski definition) is 0. The predicted molar refractivity (Wildman–Crippen MR) is 113 cm³/mol. The molecule has 4 aliphatic carbocycles. The molecule has 0 unspecified atom stereocenters. The second kappa shape index (κ2) is 6.27. The molecule has 0 N–H and O–H groups in total. The highest BCUT2D eigenvalue weighted by molar-refractivity contribution is 6.07. The summed E-state index contributed by atoms with van der Waals surface area (Å²) in [7, 11) is 0. The zero-order valence-corrected chi connectivity index (χ0v) is 17.6. The van der Waals surface area contributed by atoms with Crippen LogP contribution in [0.5, 0.6) is 0 Å². The fourth-order valence-corrected chi connectivity index (χ4v) is 7.36. The van der Waals surface area contributed by atoms with Crippen LogP contribution >= 0.6 is 0 Å². The SMILES string of the molecule is O=C1[C@@H]2[C@@H](C(=O)N1Cc1ccc(CN3C(=O)[C@@H]4[C@H](C3=O)[C@H]3C=C[C@H]4C3)cc1)[C@H]1C=C[C@@H]2C1. The van der Waals surface area contributed by atoms with Gasteiger partial charge in [0.1, 0.15) is 0 Å². The summed E-state index contributed by atoms with van der Waals surface area (Å²) in [5, 5.41) is 0. The number of allylic oxidation sites excluding steroid dienone is 4. The molecular formula is C26H24N2O4. The number of likely N-dealkylation sites (tertiary alicyclic amines) is 2. The highest BCUT2D eigenvalue weighted by atomic mass is 16.2. The van der Waals surface area contributed by atoms with Gasteiger partial charge in [0, 0.05) is 0 Å². The van der Waals surface area contributed by atoms with Crippen molar-refractivity contribution in [2.75, 3.05) is 0 Å². The van der Waals surface area contributed by atoms with E-state index in [4.69, 9.17) is 0 Å². The second-order valence-corrected chi connectivity index (χ2v) is 10.3. The minimum atomic E-state index is -0.173. The number of imide groups is 2. The Morgan fingerprint density at radius 1 is 0.531 bits per heavy atom. The molecule has 0 aromatic heterocycles. The first-order chi connectivity index (χ1) is 15.5. The Morgan fingerprint density at radius 2 is 0.812 bits per heavy atom. The molecule has 6 nitrogen and oxygen atoms in total. The van der Waals surface area contributed by atoms with Gasteiger partial charge in [0.15, 0.2) is 0 Å². The Balaban J connectivity index is 1.05. The standard InChI is InChI=1S/C26H24N2O4/c29-23-19-15-5-6-16(9-15)20(19)24(30)27(23)11-13-1-2-14(4-3-13)12-28-25(31)21-17-7-8-18(10-17)22(21)26(28)32/h1-8,15-22H,9-12H2/t15-,16-,17-,18+,19-,20+,21-,22-/m0/s1. The van der Waals surface area contributed by atoms with Gasteiger partial charge in [-0.2, -0.15) is 0 Å². The molecule has 4 bridgehead atoms. The fourth-order valence-electron chi connectivity index (χ4n) is 7.36. The van der Waals surface area contributed by atoms with Gasteiger partial charge in [0.25, 0.3) is 0 Å². The number of hydrogen-bond acceptors (Lipinski definition) is 4. The lowest BCUT2D eigenvalue weighted by Gasteiger charge is -2.19. The van der Waals surface area contributed by atoms with E-state index in [1.807, 2.05) is 24.3 Å². The van der Waals surface area contributed by atoms with Crippen LogP contribution in [0.1, 0.15) is 24.0 Å². The number of carbonyl (C=O) groups excluding carboxylic acids is 4. The molecular weight excluding hydrogens is 404 g/mol. The van der Waals surface area contributed by atoms with Crippen molar-refractivity contribution in [2.45, 2.75) is 25.9 Å². The molecule has 6 aliphatic rings. The summed E-state index contributed by atoms with van der Waals surface area (Å²) in [6, 6.07) is 7.59. The Morgan fingerprint density at radius 3 is 1.09 bits per heavy atom. The number of nitrogens with zero attached hydrogens (tertiary/aromatic N) is 2. The molecule has 0 spiro atoms. The molecule has 8 atom stereocenters. The van der Waals surface area contributed by atoms with Crippen LogP contribution in [0.2, 0.25) is 0 Å². The normalized spacial score (nSPS) is 40.4. The third-order valence-electron chi connectivity index (χ3n) is 8.83. The minimum Gasteiger partial charge on any atom is -0.278 e. The summed E-state index contributed by atoms with van der Waals surface area (Å²) in [4.78, 5) is 54.4. The minimum absolute atomic E-state index is 0.0380. The summed E-state index contributed by atoms with van der Waals surface area (Å²) in [5.74, 6) is 0.0239. The summed E-state index contributed by atoms with van der Waals surface area (Å²) in [5.41, 5.74) is 1.77. The van der Waals surface area contributed by atoms with Crippen LogP contribution in [0.15, 0.2) is 48.6 Å². The first kappa shape index (κ1) is 18.5. The third-order valence-corrected chi connectivity index (χ3v) is 8.83. The number of fused-ring (bicyclic) bond motifs is 10. The fraction of sp³-hybridized carbons (Fsp3) is 0.462. The van der Waals surface area contributed by atoms with Crippen molar-refractivity contribution in [3.63, 3.8) is 0 Å². The molecule has 4 fully saturated rings. The lowest BCUT2D eigenvalue weighted by Crippen LogP contribution is -2.33. The van der Waals surface area contributed by atoms with E-state index in [9.17, 15) is 19.2 Å². The van der Waals surface area contributed by atoms with Gasteiger partial charge in [-0.05, 0) is 47.6 Å². The molecule has 2 aliphatic heterocycles. The van der Waals surface area contributed by atoms with Gasteiger partial charge in [0.2, 0.25) is 23.6 Å². The summed E-state index contributed by atoms with van der Waals surface area (Å²) >= 11 is 0. The monoisotopic (exact) mass is 428 g/mol. The predicted octanol–water partition coefficient (Wildman–Crippen LogP) is 2.30. The molecule has 2 saturated carbocycles. The largest absolute Gasteiger partial charge is 0.278 e. The number of amides is 4. The Hall–Kier alpha value is -3.02. The molecule has 7 rings (SSSR count). The van der Waals surface area contributed by atoms with Crippen molar-refractivity contribution in [1.82, 2.24) is 9.80 Å². The summed E-state index contributed by atoms with van der Waals surface area (Å²) in [6.45, 7) is 0.566. The topological polar surface area (TPSA) is 74.8 Å². The van der Waals surface area contributed by atoms with Gasteiger partial charge in [-0.1, -0.05) is 48.6 Å². The number of benzene rings is 1. The molecule has 1 aromatic carbocycles. The van der Waals surface area contributed by atoms with Crippen LogP contribution < -0.4 is 0 Å². The maximum absolute atomic E-state index is 12.9. The Labute approximate surface area is 185 Å². The Bertz CT molecular complexity index is 986. The van der Waals surface area contributed by atoms with Gasteiger partial charge < -0.3 is 0 Å². The van der Waals surface area contributed by atoms with E-state index in [-0.39, 0.29) is 84.1 Å². The van der Waals surface area contributed by atoms with E-state index in [1.165, 1.54) is 9.80 Å². The van der Waals surface area contributed by atoms with Crippen LogP contribution in [0.3, 0.4) is 0 Å². The molecule has 162 valence electrons. The van der Waals surface area contributed by atoms with Gasteiger partial charge in [-0.3, -0.25) is 29.0 Å². The van der Waals surface area contributed by atoms with Crippen molar-refractivity contribution in [1.29, 1.82) is 0 Å². The van der Waals surface area contributed by atoms with Crippen molar-refractivity contribution in [3.05, 3.63) is 59.7 Å². The first-order valence-electron chi connectivity index (χ1n) is 11.7. The van der Waals surface area contributed by atoms with Gasteiger partial charge in [-0.25, -0.2) is 0 Å². The molecule has 2 heterocycles. The molecule has 1 aromatic rings. The lowest BCUT2D eigenvalue weighted by molar-refractivity contribution is -0.143. The maximum atomic E-state index is 12.9. The van der Waals surface area contributed by atoms with Crippen LogP contribution in [0, 0.1) is 47.3 Å². The molecule has 4 amide bonds. The smallest absolute Gasteiger partial charge is 0.234 e. The van der Waals surface area contributed by atoms with E-state index in [2.05, 4.69) is 24.3 Å². The van der Waals surface area contributed by atoms with Gasteiger partial charge in [0.05, 0.1) is 36.8 Å². The average molecular weight is 428 g/mol. The van der Waals surface area contributed by atoms with E-state index < -0.39 is 0 Å². The van der Waals surface area contributed by atoms with E-state index in [0.717, 1.165) is 24.0 Å². The van der Waals surface area contributed by atoms with E-state index in [0.29, 0.717) is 0 Å². The van der Waals surface area contributed by atoms with Crippen molar-refractivity contribution >= 4 is 23.6 Å². The zero-order chi connectivity index (χ0) is 21.7. The first-order valence-corrected chi connectivity index (χ1v) is 11.7. The lowest BCUT2D eigenvalue weighted by atomic mass is 9.85. The Kier molecular flexibility index (Phi) is 3.63. The summed E-state index contributed by atoms with van der Waals surface area (Å²) < 4.78 is 0. The number of rotatable bonds is 4. The van der Waals surface area contributed by atoms with Crippen LogP contribution in [0.4, 0.5) is 0 Å². The molecule has 32 heavy (non-hydrogen) atoms. The second-order valence-electron chi connectivity index (χ2n) is 10.3. The summed E-state index contributed by atoms with van der Waals surface area (Å²) in [6.07, 6.45) is 10.3. The molecule has 2 saturated heterocycles. The highest BCUT2D eigenvalue weighted by Crippen LogP contribution is 2.53. The van der Waals surface area contributed by atoms with E-state index >= 15 is 0 Å². The molecule has 0 radical (unpaired) electrons. The zero-order valence-electron chi connectivity index (χ0n) is 17.6. The van der Waals surface area contributed by atoms with Crippen molar-refractivity contribution < 1.29 is 19.2 Å².